The van der Waals surface area contributed by atoms with Crippen molar-refractivity contribution in [3.05, 3.63) is 81.4 Å². The van der Waals surface area contributed by atoms with Crippen LogP contribution in [0.1, 0.15) is 28.7 Å². The first-order chi connectivity index (χ1) is 14.4. The predicted octanol–water partition coefficient (Wildman–Crippen LogP) is 4.72. The van der Waals surface area contributed by atoms with Gasteiger partial charge < -0.3 is 4.74 Å². The van der Waals surface area contributed by atoms with Gasteiger partial charge in [-0.3, -0.25) is 14.5 Å². The highest BCUT2D eigenvalue weighted by molar-refractivity contribution is 6.30. The maximum Gasteiger partial charge on any atom is 0.268 e. The Labute approximate surface area is 181 Å². The molecule has 0 atom stereocenters. The molecule has 0 saturated carbocycles. The fourth-order valence-electron chi connectivity index (χ4n) is 3.11. The van der Waals surface area contributed by atoms with Gasteiger partial charge in [0.2, 0.25) is 0 Å². The van der Waals surface area contributed by atoms with Gasteiger partial charge in [-0.05, 0) is 67.3 Å². The van der Waals surface area contributed by atoms with Crippen molar-refractivity contribution in [1.29, 1.82) is 0 Å². The highest BCUT2D eigenvalue weighted by Crippen LogP contribution is 2.24. The molecule has 3 rings (SSSR count). The van der Waals surface area contributed by atoms with Gasteiger partial charge in [0.25, 0.3) is 11.8 Å². The summed E-state index contributed by atoms with van der Waals surface area (Å²) in [5, 5.41) is 0.579. The number of imide groups is 1. The summed E-state index contributed by atoms with van der Waals surface area (Å²) in [4.78, 5) is 26.6. The smallest absolute Gasteiger partial charge is 0.268 e. The number of hydrogen-bond donors (Lipinski definition) is 0. The predicted molar refractivity (Wildman–Crippen MR) is 119 cm³/mol. The Morgan fingerprint density at radius 2 is 2.00 bits per heavy atom. The van der Waals surface area contributed by atoms with E-state index in [0.29, 0.717) is 29.1 Å². The molecular formula is C25H22ClNO3. The van der Waals surface area contributed by atoms with E-state index in [4.69, 9.17) is 16.3 Å². The zero-order chi connectivity index (χ0) is 21.7. The lowest BCUT2D eigenvalue weighted by molar-refractivity contribution is -0.139. The maximum atomic E-state index is 12.7. The van der Waals surface area contributed by atoms with Crippen LogP contribution in [-0.2, 0) is 9.59 Å². The first kappa shape index (κ1) is 21.4. The van der Waals surface area contributed by atoms with Gasteiger partial charge in [-0.25, -0.2) is 0 Å². The van der Waals surface area contributed by atoms with E-state index >= 15 is 0 Å². The Morgan fingerprint density at radius 3 is 2.73 bits per heavy atom. The summed E-state index contributed by atoms with van der Waals surface area (Å²) in [7, 11) is 1.62. The van der Waals surface area contributed by atoms with Gasteiger partial charge in [-0.2, -0.15) is 0 Å². The number of ether oxygens (including phenoxy) is 1. The number of halogens is 1. The summed E-state index contributed by atoms with van der Waals surface area (Å²) in [6.45, 7) is 4.30. The molecule has 2 aromatic carbocycles. The molecule has 0 spiro atoms. The van der Waals surface area contributed by atoms with Crippen LogP contribution in [0, 0.1) is 25.7 Å². The second kappa shape index (κ2) is 9.47. The minimum Gasteiger partial charge on any atom is -0.496 e. The van der Waals surface area contributed by atoms with Crippen molar-refractivity contribution in [3.63, 3.8) is 0 Å². The fraction of sp³-hybridized carbons (Fsp3) is 0.200. The number of nitrogens with zero attached hydrogens (tertiary/aromatic N) is 1. The average molecular weight is 420 g/mol. The molecule has 30 heavy (non-hydrogen) atoms. The van der Waals surface area contributed by atoms with E-state index in [9.17, 15) is 9.59 Å². The van der Waals surface area contributed by atoms with E-state index in [-0.39, 0.29) is 11.8 Å². The monoisotopic (exact) mass is 419 g/mol. The van der Waals surface area contributed by atoms with Crippen molar-refractivity contribution in [1.82, 2.24) is 4.90 Å². The number of amides is 2. The molecule has 0 N–H and O–H groups in total. The number of rotatable bonds is 3. The number of carbonyl (C=O) groups is 2. The zero-order valence-electron chi connectivity index (χ0n) is 17.2. The summed E-state index contributed by atoms with van der Waals surface area (Å²) in [6, 6.07) is 10.9. The Bertz CT molecular complexity index is 1120. The highest BCUT2D eigenvalue weighted by atomic mass is 35.5. The third kappa shape index (κ3) is 5.00. The SMILES string of the molecule is COc1cc(/C=C/C(=O)N2CCC=C(C#Cc3cccc(Cl)c3)C2=O)cc(C)c1C. The summed E-state index contributed by atoms with van der Waals surface area (Å²) >= 11 is 5.96. The molecule has 4 nitrogen and oxygen atoms in total. The second-order valence-electron chi connectivity index (χ2n) is 6.96. The molecule has 1 aliphatic heterocycles. The van der Waals surface area contributed by atoms with Crippen LogP contribution >= 0.6 is 11.6 Å². The lowest BCUT2D eigenvalue weighted by Crippen LogP contribution is -2.39. The minimum atomic E-state index is -0.386. The van der Waals surface area contributed by atoms with Crippen LogP contribution in [0.25, 0.3) is 6.08 Å². The quantitative estimate of drug-likeness (QED) is 0.534. The van der Waals surface area contributed by atoms with Crippen molar-refractivity contribution in [3.8, 4) is 17.6 Å². The van der Waals surface area contributed by atoms with Gasteiger partial charge in [0, 0.05) is 23.2 Å². The Morgan fingerprint density at radius 1 is 1.20 bits per heavy atom. The van der Waals surface area contributed by atoms with Crippen molar-refractivity contribution >= 4 is 29.5 Å². The Balaban J connectivity index is 1.75. The number of methoxy groups -OCH3 is 1. The molecule has 0 unspecified atom stereocenters. The molecule has 0 saturated heterocycles. The van der Waals surface area contributed by atoms with E-state index in [1.54, 1.807) is 37.5 Å². The number of benzene rings is 2. The third-order valence-electron chi connectivity index (χ3n) is 4.89. The first-order valence-electron chi connectivity index (χ1n) is 9.56. The van der Waals surface area contributed by atoms with Gasteiger partial charge in [-0.15, -0.1) is 0 Å². The highest BCUT2D eigenvalue weighted by Gasteiger charge is 2.25. The Kier molecular flexibility index (Phi) is 6.76. The van der Waals surface area contributed by atoms with Gasteiger partial charge >= 0.3 is 0 Å². The van der Waals surface area contributed by atoms with E-state index in [0.717, 1.165) is 22.4 Å². The van der Waals surface area contributed by atoms with Crippen LogP contribution in [0.5, 0.6) is 5.75 Å². The lowest BCUT2D eigenvalue weighted by Gasteiger charge is -2.22. The summed E-state index contributed by atoms with van der Waals surface area (Å²) in [5.41, 5.74) is 3.99. The molecule has 0 aromatic heterocycles. The van der Waals surface area contributed by atoms with Crippen LogP contribution in [0.2, 0.25) is 5.02 Å². The van der Waals surface area contributed by atoms with Gasteiger partial charge in [0.15, 0.2) is 0 Å². The van der Waals surface area contributed by atoms with Crippen molar-refractivity contribution < 1.29 is 14.3 Å². The lowest BCUT2D eigenvalue weighted by atomic mass is 10.0. The Hall–Kier alpha value is -3.29. The molecule has 152 valence electrons. The van der Waals surface area contributed by atoms with Crippen LogP contribution in [0.4, 0.5) is 0 Å². The second-order valence-corrected chi connectivity index (χ2v) is 7.40. The summed E-state index contributed by atoms with van der Waals surface area (Å²) in [5.74, 6) is 5.81. The van der Waals surface area contributed by atoms with Crippen LogP contribution in [-0.4, -0.2) is 30.4 Å². The molecule has 5 heteroatoms. The zero-order valence-corrected chi connectivity index (χ0v) is 17.9. The van der Waals surface area contributed by atoms with Crippen molar-refractivity contribution in [2.24, 2.45) is 0 Å². The van der Waals surface area contributed by atoms with Crippen LogP contribution < -0.4 is 4.74 Å². The van der Waals surface area contributed by atoms with Gasteiger partial charge in [0.05, 0.1) is 12.7 Å². The van der Waals surface area contributed by atoms with E-state index in [2.05, 4.69) is 11.8 Å². The molecule has 2 amide bonds. The normalized spacial score (nSPS) is 13.7. The number of aryl methyl sites for hydroxylation is 1. The maximum absolute atomic E-state index is 12.7. The standard InChI is InChI=1S/C25H22ClNO3/c1-17-14-20(16-23(30-3)18(17)2)10-12-24(28)27-13-5-7-21(25(27)29)11-9-19-6-4-8-22(26)15-19/h4,6-8,10,12,14-16H,5,13H2,1-3H3/b12-10+. The first-order valence-corrected chi connectivity index (χ1v) is 9.93. The third-order valence-corrected chi connectivity index (χ3v) is 5.12. The van der Waals surface area contributed by atoms with Crippen molar-refractivity contribution in [2.45, 2.75) is 20.3 Å². The van der Waals surface area contributed by atoms with E-state index in [1.807, 2.05) is 32.0 Å². The molecule has 0 bridgehead atoms. The van der Waals surface area contributed by atoms with Crippen LogP contribution in [0.15, 0.2) is 54.1 Å². The molecule has 0 aliphatic carbocycles. The summed E-state index contributed by atoms with van der Waals surface area (Å²) in [6.07, 6.45) is 5.44. The largest absolute Gasteiger partial charge is 0.496 e. The minimum absolute atomic E-state index is 0.316. The van der Waals surface area contributed by atoms with Gasteiger partial charge in [-0.1, -0.05) is 41.7 Å². The number of carbonyl (C=O) groups excluding carboxylic acids is 2. The molecular weight excluding hydrogens is 398 g/mol. The molecule has 0 radical (unpaired) electrons. The van der Waals surface area contributed by atoms with Gasteiger partial charge in [0.1, 0.15) is 5.75 Å². The van der Waals surface area contributed by atoms with E-state index in [1.165, 1.54) is 11.0 Å². The fourth-order valence-corrected chi connectivity index (χ4v) is 3.30. The average Bonchev–Trinajstić information content (AvgIpc) is 2.73. The molecule has 2 aromatic rings. The number of hydrogen-bond acceptors (Lipinski definition) is 3. The van der Waals surface area contributed by atoms with Crippen molar-refractivity contribution in [2.75, 3.05) is 13.7 Å². The summed E-state index contributed by atoms with van der Waals surface area (Å²) < 4.78 is 5.38. The molecule has 1 aliphatic rings. The van der Waals surface area contributed by atoms with E-state index < -0.39 is 0 Å². The topological polar surface area (TPSA) is 46.6 Å². The molecule has 1 heterocycles. The van der Waals surface area contributed by atoms with Crippen LogP contribution in [0.3, 0.4) is 0 Å². The molecule has 0 fully saturated rings.